The first-order valence-corrected chi connectivity index (χ1v) is 5.75. The molecular weight excluding hydrogens is 249 g/mol. The van der Waals surface area contributed by atoms with Crippen molar-refractivity contribution in [3.8, 4) is 0 Å². The van der Waals surface area contributed by atoms with Crippen molar-refractivity contribution in [2.24, 2.45) is 11.3 Å². The molecule has 0 aliphatic carbocycles. The van der Waals surface area contributed by atoms with E-state index >= 15 is 0 Å². The van der Waals surface area contributed by atoms with E-state index in [2.05, 4.69) is 48.7 Å². The molecule has 1 N–H and O–H groups in total. The summed E-state index contributed by atoms with van der Waals surface area (Å²) in [6.07, 6.45) is 1.29. The van der Waals surface area contributed by atoms with Crippen molar-refractivity contribution in [3.05, 3.63) is 0 Å². The zero-order valence-electron chi connectivity index (χ0n) is 8.08. The Morgan fingerprint density at radius 2 is 1.91 bits per heavy atom. The molecule has 0 heterocycles. The molecule has 0 rings (SSSR count). The van der Waals surface area contributed by atoms with E-state index in [0.29, 0.717) is 5.41 Å². The average Bonchev–Trinajstić information content (AvgIpc) is 1.87. The van der Waals surface area contributed by atoms with E-state index < -0.39 is 0 Å². The molecule has 0 spiro atoms. The van der Waals surface area contributed by atoms with Gasteiger partial charge in [-0.05, 0) is 31.3 Å². The molecule has 0 saturated carbocycles. The lowest BCUT2D eigenvalue weighted by molar-refractivity contribution is 0.255. The normalized spacial score (nSPS) is 15.0. The van der Waals surface area contributed by atoms with Gasteiger partial charge in [-0.15, -0.1) is 0 Å². The van der Waals surface area contributed by atoms with Crippen LogP contribution in [0.2, 0.25) is 0 Å². The highest BCUT2D eigenvalue weighted by Crippen LogP contribution is 2.29. The Bertz CT molecular complexity index is 96.2. The molecule has 68 valence electrons. The fourth-order valence-corrected chi connectivity index (χ4v) is 2.82. The van der Waals surface area contributed by atoms with Crippen LogP contribution in [0.3, 0.4) is 0 Å². The topological polar surface area (TPSA) is 12.0 Å². The molecule has 2 heteroatoms. The van der Waals surface area contributed by atoms with E-state index in [1.54, 1.807) is 0 Å². The minimum absolute atomic E-state index is 0.470. The smallest absolute Gasteiger partial charge is 0.00291 e. The molecule has 1 nitrogen and oxygen atoms in total. The molecule has 0 amide bonds. The number of hydrogen-bond acceptors (Lipinski definition) is 1. The van der Waals surface area contributed by atoms with E-state index in [9.17, 15) is 0 Å². The highest BCUT2D eigenvalue weighted by atomic mass is 127. The summed E-state index contributed by atoms with van der Waals surface area (Å²) in [6, 6.07) is 0. The maximum absolute atomic E-state index is 3.20. The molecule has 0 aliphatic rings. The van der Waals surface area contributed by atoms with Crippen molar-refractivity contribution in [2.45, 2.75) is 27.2 Å². The largest absolute Gasteiger partial charge is 0.320 e. The fourth-order valence-electron chi connectivity index (χ4n) is 1.06. The van der Waals surface area contributed by atoms with Gasteiger partial charge < -0.3 is 5.32 Å². The molecule has 0 aromatic rings. The van der Waals surface area contributed by atoms with Gasteiger partial charge in [0.15, 0.2) is 0 Å². The van der Waals surface area contributed by atoms with Crippen molar-refractivity contribution in [2.75, 3.05) is 18.0 Å². The van der Waals surface area contributed by atoms with Crippen LogP contribution < -0.4 is 5.32 Å². The van der Waals surface area contributed by atoms with Crippen molar-refractivity contribution in [1.29, 1.82) is 0 Å². The van der Waals surface area contributed by atoms with Crippen LogP contribution in [0.15, 0.2) is 0 Å². The summed E-state index contributed by atoms with van der Waals surface area (Å²) in [7, 11) is 2.02. The van der Waals surface area contributed by atoms with Crippen LogP contribution in [0, 0.1) is 11.3 Å². The monoisotopic (exact) mass is 269 g/mol. The average molecular weight is 269 g/mol. The Hall–Kier alpha value is 0.690. The van der Waals surface area contributed by atoms with Crippen molar-refractivity contribution >= 4 is 22.6 Å². The number of rotatable bonds is 4. The summed E-state index contributed by atoms with van der Waals surface area (Å²) in [5.41, 5.74) is 0.470. The van der Waals surface area contributed by atoms with Gasteiger partial charge >= 0.3 is 0 Å². The zero-order chi connectivity index (χ0) is 8.91. The quantitative estimate of drug-likeness (QED) is 0.611. The summed E-state index contributed by atoms with van der Waals surface area (Å²) < 4.78 is 1.27. The molecule has 1 unspecified atom stereocenters. The second-order valence-electron chi connectivity index (χ2n) is 4.11. The van der Waals surface area contributed by atoms with Gasteiger partial charge in [0.05, 0.1) is 0 Å². The lowest BCUT2D eigenvalue weighted by Crippen LogP contribution is -2.25. The third-order valence-corrected chi connectivity index (χ3v) is 3.22. The van der Waals surface area contributed by atoms with Gasteiger partial charge in [0.2, 0.25) is 0 Å². The molecule has 0 aliphatic heterocycles. The standard InChI is InChI=1S/C9H20IN/c1-9(2,3)8(7-10)5-6-11-4/h8,11H,5-7H2,1-4H3. The van der Waals surface area contributed by atoms with Gasteiger partial charge in [0.1, 0.15) is 0 Å². The van der Waals surface area contributed by atoms with Crippen LogP contribution in [-0.4, -0.2) is 18.0 Å². The summed E-state index contributed by atoms with van der Waals surface area (Å²) in [5, 5.41) is 3.20. The van der Waals surface area contributed by atoms with E-state index in [0.717, 1.165) is 12.5 Å². The maximum Gasteiger partial charge on any atom is 0.00291 e. The molecule has 0 bridgehead atoms. The van der Waals surface area contributed by atoms with E-state index in [1.807, 2.05) is 7.05 Å². The lowest BCUT2D eigenvalue weighted by atomic mass is 9.80. The number of alkyl halides is 1. The summed E-state index contributed by atoms with van der Waals surface area (Å²) in [6.45, 7) is 8.12. The van der Waals surface area contributed by atoms with Gasteiger partial charge in [-0.25, -0.2) is 0 Å². The van der Waals surface area contributed by atoms with Crippen LogP contribution in [0.25, 0.3) is 0 Å². The number of halogens is 1. The number of hydrogen-bond donors (Lipinski definition) is 1. The van der Waals surface area contributed by atoms with Gasteiger partial charge in [0, 0.05) is 4.43 Å². The van der Waals surface area contributed by atoms with Gasteiger partial charge in [-0.3, -0.25) is 0 Å². The van der Waals surface area contributed by atoms with Crippen molar-refractivity contribution < 1.29 is 0 Å². The van der Waals surface area contributed by atoms with Crippen LogP contribution in [0.4, 0.5) is 0 Å². The predicted octanol–water partition coefficient (Wildman–Crippen LogP) is 2.69. The second-order valence-corrected chi connectivity index (χ2v) is 4.99. The highest BCUT2D eigenvalue weighted by molar-refractivity contribution is 14.1. The molecular formula is C9H20IN. The van der Waals surface area contributed by atoms with Gasteiger partial charge in [-0.2, -0.15) is 0 Å². The minimum atomic E-state index is 0.470. The van der Waals surface area contributed by atoms with E-state index in [4.69, 9.17) is 0 Å². The first kappa shape index (κ1) is 11.7. The molecule has 0 radical (unpaired) electrons. The van der Waals surface area contributed by atoms with Crippen LogP contribution in [0.1, 0.15) is 27.2 Å². The van der Waals surface area contributed by atoms with Crippen molar-refractivity contribution in [1.82, 2.24) is 5.32 Å². The SMILES string of the molecule is CNCCC(CI)C(C)(C)C. The first-order valence-electron chi connectivity index (χ1n) is 4.23. The van der Waals surface area contributed by atoms with Gasteiger partial charge in [-0.1, -0.05) is 43.4 Å². The molecule has 0 aromatic carbocycles. The van der Waals surface area contributed by atoms with Gasteiger partial charge in [0.25, 0.3) is 0 Å². The maximum atomic E-state index is 3.20. The highest BCUT2D eigenvalue weighted by Gasteiger charge is 2.22. The Morgan fingerprint density at radius 3 is 2.18 bits per heavy atom. The van der Waals surface area contributed by atoms with Crippen LogP contribution >= 0.6 is 22.6 Å². The molecule has 11 heavy (non-hydrogen) atoms. The van der Waals surface area contributed by atoms with Crippen molar-refractivity contribution in [3.63, 3.8) is 0 Å². The third-order valence-electron chi connectivity index (χ3n) is 2.15. The molecule has 1 atom stereocenters. The first-order chi connectivity index (χ1) is 5.02. The Balaban J connectivity index is 3.76. The second kappa shape index (κ2) is 5.36. The third kappa shape index (κ3) is 5.01. The molecule has 0 fully saturated rings. The summed E-state index contributed by atoms with van der Waals surface area (Å²) in [5.74, 6) is 0.843. The summed E-state index contributed by atoms with van der Waals surface area (Å²) >= 11 is 2.49. The number of nitrogens with one attached hydrogen (secondary N) is 1. The Labute approximate surface area is 84.5 Å². The fraction of sp³-hybridized carbons (Fsp3) is 1.00. The lowest BCUT2D eigenvalue weighted by Gasteiger charge is -2.29. The minimum Gasteiger partial charge on any atom is -0.320 e. The Morgan fingerprint density at radius 1 is 1.36 bits per heavy atom. The van der Waals surface area contributed by atoms with Crippen LogP contribution in [-0.2, 0) is 0 Å². The zero-order valence-corrected chi connectivity index (χ0v) is 10.2. The summed E-state index contributed by atoms with van der Waals surface area (Å²) in [4.78, 5) is 0. The Kier molecular flexibility index (Phi) is 5.69. The predicted molar refractivity (Wildman–Crippen MR) is 60.4 cm³/mol. The molecule has 0 aromatic heterocycles. The van der Waals surface area contributed by atoms with E-state index in [1.165, 1.54) is 10.8 Å². The van der Waals surface area contributed by atoms with E-state index in [-0.39, 0.29) is 0 Å². The van der Waals surface area contributed by atoms with Crippen LogP contribution in [0.5, 0.6) is 0 Å². The molecule has 0 saturated heterocycles.